The highest BCUT2D eigenvalue weighted by molar-refractivity contribution is 4.96. The second-order valence-electron chi connectivity index (χ2n) is 18.2. The molecule has 22 heteroatoms. The van der Waals surface area contributed by atoms with Gasteiger partial charge in [-0.3, -0.25) is 0 Å². The summed E-state index contributed by atoms with van der Waals surface area (Å²) < 4.78 is 46.7. The molecule has 4 fully saturated rings. The van der Waals surface area contributed by atoms with Gasteiger partial charge in [-0.15, -0.1) is 0 Å². The zero-order chi connectivity index (χ0) is 47.8. The van der Waals surface area contributed by atoms with Crippen molar-refractivity contribution in [3.63, 3.8) is 0 Å². The van der Waals surface area contributed by atoms with Crippen LogP contribution >= 0.6 is 0 Å². The van der Waals surface area contributed by atoms with Gasteiger partial charge in [-0.1, -0.05) is 90.9 Å². The Balaban J connectivity index is 1.53. The van der Waals surface area contributed by atoms with Gasteiger partial charge in [-0.25, -0.2) is 0 Å². The van der Waals surface area contributed by atoms with Crippen LogP contribution in [0.2, 0.25) is 0 Å². The van der Waals surface area contributed by atoms with Gasteiger partial charge >= 0.3 is 0 Å². The number of hydrogen-bond acceptors (Lipinski definition) is 22. The molecule has 0 radical (unpaired) electrons. The van der Waals surface area contributed by atoms with Gasteiger partial charge in [-0.2, -0.15) is 0 Å². The molecule has 0 aromatic carbocycles. The maximum atomic E-state index is 11.4. The van der Waals surface area contributed by atoms with E-state index >= 15 is 0 Å². The fraction of sp³-hybridized carbons (Fsp3) is 1.00. The van der Waals surface area contributed by atoms with E-state index in [1.807, 2.05) is 0 Å². The van der Waals surface area contributed by atoms with Gasteiger partial charge in [0.05, 0.1) is 39.6 Å². The molecule has 0 saturated carbocycles. The zero-order valence-electron chi connectivity index (χ0n) is 37.7. The number of aliphatic hydroxyl groups is 14. The van der Waals surface area contributed by atoms with Gasteiger partial charge < -0.3 is 109 Å². The first-order chi connectivity index (χ1) is 31.1. The van der Waals surface area contributed by atoms with E-state index in [9.17, 15) is 71.5 Å². The minimum absolute atomic E-state index is 0.139. The van der Waals surface area contributed by atoms with Crippen molar-refractivity contribution in [3.05, 3.63) is 0 Å². The Hall–Kier alpha value is -0.880. The Labute approximate surface area is 380 Å². The van der Waals surface area contributed by atoms with E-state index in [0.29, 0.717) is 12.8 Å². The Morgan fingerprint density at radius 2 is 0.662 bits per heavy atom. The lowest BCUT2D eigenvalue weighted by Gasteiger charge is -2.47. The van der Waals surface area contributed by atoms with Crippen molar-refractivity contribution in [1.82, 2.24) is 0 Å². The Morgan fingerprint density at radius 3 is 1.00 bits per heavy atom. The van der Waals surface area contributed by atoms with Crippen LogP contribution in [-0.4, -0.2) is 234 Å². The molecule has 0 aliphatic carbocycles. The summed E-state index contributed by atoms with van der Waals surface area (Å²) >= 11 is 0. The maximum Gasteiger partial charge on any atom is 0.187 e. The highest BCUT2D eigenvalue weighted by atomic mass is 16.8. The van der Waals surface area contributed by atoms with E-state index in [1.54, 1.807) is 0 Å². The molecular weight excluding hydrogens is 868 g/mol. The third-order valence-corrected chi connectivity index (χ3v) is 13.1. The summed E-state index contributed by atoms with van der Waals surface area (Å²) in [5, 5.41) is 147. The van der Waals surface area contributed by atoms with Gasteiger partial charge in [0.25, 0.3) is 0 Å². The molecule has 0 aromatic heterocycles. The molecule has 4 saturated heterocycles. The van der Waals surface area contributed by atoms with Crippen molar-refractivity contribution in [2.45, 2.75) is 227 Å². The van der Waals surface area contributed by atoms with Crippen LogP contribution in [0.1, 0.15) is 104 Å². The lowest BCUT2D eigenvalue weighted by Crippen LogP contribution is -2.65. The molecule has 0 amide bonds. The van der Waals surface area contributed by atoms with E-state index in [0.717, 1.165) is 77.0 Å². The minimum Gasteiger partial charge on any atom is -0.394 e. The second kappa shape index (κ2) is 28.1. The molecule has 22 nitrogen and oxygen atoms in total. The van der Waals surface area contributed by atoms with Gasteiger partial charge in [0.15, 0.2) is 25.2 Å². The molecule has 20 unspecified atom stereocenters. The van der Waals surface area contributed by atoms with E-state index in [1.165, 1.54) is 0 Å². The van der Waals surface area contributed by atoms with E-state index in [4.69, 9.17) is 37.9 Å². The Morgan fingerprint density at radius 1 is 0.354 bits per heavy atom. The molecule has 4 aliphatic rings. The first kappa shape index (κ1) is 56.7. The van der Waals surface area contributed by atoms with Gasteiger partial charge in [0.1, 0.15) is 97.7 Å². The average Bonchev–Trinajstić information content (AvgIpc) is 3.30. The SMILES string of the molecule is CCCCCCCCC(CCCCCCCC)(COC1OC(CO)C(OC2OC(CO)C(O)C(O)C2O)C(O)C1O)COC1OC(CO)C(OC2OC(CO)C(O)C(O)C2O)C(O)C1O. The van der Waals surface area contributed by atoms with Crippen LogP contribution in [0.25, 0.3) is 0 Å². The standard InChI is InChI=1S/C43H80O22/c1-3-5-7-9-11-13-15-43(16-14-12-10-8-6-4-2,21-58-39-35(56)31(52)37(25(19-46)62-39)64-41-33(54)29(50)27(48)23(17-44)60-41)22-59-40-36(57)32(53)38(26(20-47)63-40)65-42-34(55)30(51)28(49)24(18-45)61-42/h23-42,44-57H,3-22H2,1-2H3. The fourth-order valence-electron chi connectivity index (χ4n) is 8.92. The molecule has 20 atom stereocenters. The normalized spacial score (nSPS) is 40.6. The highest BCUT2D eigenvalue weighted by Gasteiger charge is 2.53. The summed E-state index contributed by atoms with van der Waals surface area (Å²) in [6, 6.07) is 0. The Kier molecular flexibility index (Phi) is 24.5. The van der Waals surface area contributed by atoms with E-state index in [-0.39, 0.29) is 13.2 Å². The quantitative estimate of drug-likeness (QED) is 0.0343. The van der Waals surface area contributed by atoms with Crippen LogP contribution in [0.15, 0.2) is 0 Å². The Bertz CT molecular complexity index is 1190. The molecule has 384 valence electrons. The smallest absolute Gasteiger partial charge is 0.187 e. The summed E-state index contributed by atoms with van der Waals surface area (Å²) in [6.45, 7) is 0.951. The molecular formula is C43H80O22. The van der Waals surface area contributed by atoms with Crippen molar-refractivity contribution in [2.75, 3.05) is 39.6 Å². The van der Waals surface area contributed by atoms with Gasteiger partial charge in [-0.05, 0) is 12.8 Å². The number of unbranched alkanes of at least 4 members (excludes halogenated alkanes) is 10. The molecule has 4 heterocycles. The van der Waals surface area contributed by atoms with E-state index < -0.39 is 155 Å². The third-order valence-electron chi connectivity index (χ3n) is 13.1. The van der Waals surface area contributed by atoms with Crippen LogP contribution in [0.3, 0.4) is 0 Å². The lowest BCUT2D eigenvalue weighted by molar-refractivity contribution is -0.365. The van der Waals surface area contributed by atoms with Crippen LogP contribution in [0.4, 0.5) is 0 Å². The number of aliphatic hydroxyl groups excluding tert-OH is 14. The topological polar surface area (TPSA) is 357 Å². The second-order valence-corrected chi connectivity index (χ2v) is 18.2. The molecule has 0 bridgehead atoms. The van der Waals surface area contributed by atoms with Crippen molar-refractivity contribution >= 4 is 0 Å². The predicted molar refractivity (Wildman–Crippen MR) is 223 cm³/mol. The monoisotopic (exact) mass is 949 g/mol. The van der Waals surface area contributed by atoms with Crippen molar-refractivity contribution in [3.8, 4) is 0 Å². The number of rotatable bonds is 28. The summed E-state index contributed by atoms with van der Waals surface area (Å²) in [7, 11) is 0. The van der Waals surface area contributed by atoms with Crippen LogP contribution in [-0.2, 0) is 37.9 Å². The molecule has 65 heavy (non-hydrogen) atoms. The third kappa shape index (κ3) is 15.1. The van der Waals surface area contributed by atoms with Crippen LogP contribution in [0.5, 0.6) is 0 Å². The summed E-state index contributed by atoms with van der Waals surface area (Å²) in [4.78, 5) is 0. The molecule has 4 aliphatic heterocycles. The molecule has 0 spiro atoms. The maximum absolute atomic E-state index is 11.4. The van der Waals surface area contributed by atoms with Crippen LogP contribution < -0.4 is 0 Å². The molecule has 14 N–H and O–H groups in total. The predicted octanol–water partition coefficient (Wildman–Crippen LogP) is -3.24. The largest absolute Gasteiger partial charge is 0.394 e. The van der Waals surface area contributed by atoms with Crippen molar-refractivity contribution in [2.24, 2.45) is 5.41 Å². The zero-order valence-corrected chi connectivity index (χ0v) is 37.7. The van der Waals surface area contributed by atoms with Gasteiger partial charge in [0, 0.05) is 5.41 Å². The van der Waals surface area contributed by atoms with E-state index in [2.05, 4.69) is 13.8 Å². The first-order valence-electron chi connectivity index (χ1n) is 23.5. The van der Waals surface area contributed by atoms with Crippen molar-refractivity contribution < 1.29 is 109 Å². The highest BCUT2D eigenvalue weighted by Crippen LogP contribution is 2.38. The van der Waals surface area contributed by atoms with Crippen LogP contribution in [0, 0.1) is 5.41 Å². The first-order valence-corrected chi connectivity index (χ1v) is 23.5. The summed E-state index contributed by atoms with van der Waals surface area (Å²) in [5.74, 6) is 0. The minimum atomic E-state index is -1.84. The number of ether oxygens (including phenoxy) is 8. The number of hydrogen-bond donors (Lipinski definition) is 14. The average molecular weight is 949 g/mol. The fourth-order valence-corrected chi connectivity index (χ4v) is 8.92. The summed E-state index contributed by atoms with van der Waals surface area (Å²) in [6.07, 6.45) is -20.3. The van der Waals surface area contributed by atoms with Gasteiger partial charge in [0.2, 0.25) is 0 Å². The molecule has 4 rings (SSSR count). The van der Waals surface area contributed by atoms with Crippen molar-refractivity contribution in [1.29, 1.82) is 0 Å². The summed E-state index contributed by atoms with van der Waals surface area (Å²) in [5.41, 5.74) is -0.867. The lowest BCUT2D eigenvalue weighted by atomic mass is 9.79. The molecule has 0 aromatic rings.